The maximum absolute atomic E-state index is 12.1. The molecule has 1 saturated heterocycles. The van der Waals surface area contributed by atoms with Crippen molar-refractivity contribution in [2.75, 3.05) is 20.3 Å². The minimum atomic E-state index is -1.33. The standard InChI is InChI=1S/C18H27O7.Ag/c1-7-22-15(19)14-8-12(25-18(14,5)21-6)9-17(4,20)10-13-11-23-16(2,3)24-13;/h8,13,20H,7,10-11H2,1-6H3;/q-1;+1/t13-,17-,18?;/m0./s1. The second-order valence-corrected chi connectivity index (χ2v) is 6.95. The van der Waals surface area contributed by atoms with E-state index in [-0.39, 0.29) is 52.8 Å². The molecule has 0 aromatic carbocycles. The molecular weight excluding hydrogens is 436 g/mol. The normalized spacial score (nSPS) is 31.0. The Morgan fingerprint density at radius 3 is 2.62 bits per heavy atom. The molecule has 3 atom stereocenters. The molecule has 0 radical (unpaired) electrons. The summed E-state index contributed by atoms with van der Waals surface area (Å²) in [5.74, 6) is -2.25. The first-order chi connectivity index (χ1) is 11.5. The van der Waals surface area contributed by atoms with E-state index in [1.807, 2.05) is 13.8 Å². The first-order valence-corrected chi connectivity index (χ1v) is 8.33. The van der Waals surface area contributed by atoms with E-state index in [1.165, 1.54) is 13.2 Å². The topological polar surface area (TPSA) is 83.5 Å². The molecule has 0 amide bonds. The van der Waals surface area contributed by atoms with Gasteiger partial charge in [0, 0.05) is 25.2 Å². The van der Waals surface area contributed by atoms with Crippen LogP contribution in [0.1, 0.15) is 41.0 Å². The average Bonchev–Trinajstić information content (AvgIpc) is 2.98. The average molecular weight is 463 g/mol. The molecule has 8 heteroatoms. The Morgan fingerprint density at radius 1 is 1.46 bits per heavy atom. The van der Waals surface area contributed by atoms with Crippen molar-refractivity contribution in [2.24, 2.45) is 0 Å². The molecule has 152 valence electrons. The van der Waals surface area contributed by atoms with E-state index < -0.39 is 23.1 Å². The molecule has 0 saturated carbocycles. The minimum Gasteiger partial charge on any atom is -0.498 e. The van der Waals surface area contributed by atoms with Crippen LogP contribution < -0.4 is 0 Å². The molecule has 0 spiro atoms. The number of hydrogen-bond acceptors (Lipinski definition) is 7. The van der Waals surface area contributed by atoms with E-state index in [4.69, 9.17) is 23.7 Å². The predicted molar refractivity (Wildman–Crippen MR) is 88.1 cm³/mol. The molecule has 1 fully saturated rings. The van der Waals surface area contributed by atoms with Gasteiger partial charge in [0.1, 0.15) is 0 Å². The summed E-state index contributed by atoms with van der Waals surface area (Å²) in [6.07, 6.45) is 4.37. The van der Waals surface area contributed by atoms with Crippen LogP contribution in [0, 0.1) is 6.08 Å². The molecule has 26 heavy (non-hydrogen) atoms. The summed E-state index contributed by atoms with van der Waals surface area (Å²) in [6.45, 7) is 9.20. The third-order valence-electron chi connectivity index (χ3n) is 4.04. The number of carbonyl (C=O) groups is 1. The van der Waals surface area contributed by atoms with Crippen molar-refractivity contribution in [1.29, 1.82) is 0 Å². The van der Waals surface area contributed by atoms with Crippen molar-refractivity contribution >= 4 is 5.97 Å². The Kier molecular flexibility index (Phi) is 7.70. The number of aliphatic hydroxyl groups is 1. The Morgan fingerprint density at radius 2 is 2.12 bits per heavy atom. The number of ether oxygens (including phenoxy) is 5. The molecular formula is C18H27AgO7. The summed E-state index contributed by atoms with van der Waals surface area (Å²) in [5.41, 5.74) is -1.12. The fourth-order valence-corrected chi connectivity index (χ4v) is 2.85. The van der Waals surface area contributed by atoms with E-state index in [1.54, 1.807) is 20.8 Å². The van der Waals surface area contributed by atoms with Crippen LogP contribution in [0.2, 0.25) is 0 Å². The largest absolute Gasteiger partial charge is 1.00 e. The zero-order chi connectivity index (χ0) is 18.9. The Bertz CT molecular complexity index is 582. The maximum atomic E-state index is 12.1. The van der Waals surface area contributed by atoms with Gasteiger partial charge in [0.05, 0.1) is 19.3 Å². The summed E-state index contributed by atoms with van der Waals surface area (Å²) in [7, 11) is 1.43. The maximum Gasteiger partial charge on any atom is 1.00 e. The van der Waals surface area contributed by atoms with Crippen LogP contribution >= 0.6 is 0 Å². The number of rotatable bonds is 6. The van der Waals surface area contributed by atoms with Crippen LogP contribution in [0.25, 0.3) is 0 Å². The predicted octanol–water partition coefficient (Wildman–Crippen LogP) is 1.85. The summed E-state index contributed by atoms with van der Waals surface area (Å²) < 4.78 is 27.2. The SMILES string of the molecule is CCOC(=O)C1=CC(=[C-][C@](C)(O)C[C@H]2COC(C)(C)O2)OC1(C)OC.[Ag+]. The van der Waals surface area contributed by atoms with Crippen molar-refractivity contribution < 1.29 is 56.0 Å². The van der Waals surface area contributed by atoms with Gasteiger partial charge in [-0.15, -0.1) is 0 Å². The van der Waals surface area contributed by atoms with E-state index >= 15 is 0 Å². The first kappa shape index (κ1) is 23.4. The molecule has 0 aromatic heterocycles. The summed E-state index contributed by atoms with van der Waals surface area (Å²) in [5, 5.41) is 10.6. The third-order valence-corrected chi connectivity index (χ3v) is 4.04. The summed E-state index contributed by atoms with van der Waals surface area (Å²) in [6, 6.07) is 0. The van der Waals surface area contributed by atoms with Crippen molar-refractivity contribution in [1.82, 2.24) is 0 Å². The summed E-state index contributed by atoms with van der Waals surface area (Å²) >= 11 is 0. The zero-order valence-electron chi connectivity index (χ0n) is 16.0. The second kappa shape index (κ2) is 8.56. The minimum absolute atomic E-state index is 0. The van der Waals surface area contributed by atoms with Gasteiger partial charge in [-0.1, -0.05) is 0 Å². The molecule has 7 nitrogen and oxygen atoms in total. The van der Waals surface area contributed by atoms with Gasteiger partial charge in [0.15, 0.2) is 5.79 Å². The molecule has 0 aromatic rings. The number of esters is 1. The van der Waals surface area contributed by atoms with Crippen molar-refractivity contribution in [3.63, 3.8) is 0 Å². The van der Waals surface area contributed by atoms with Gasteiger partial charge in [0.25, 0.3) is 0 Å². The van der Waals surface area contributed by atoms with Crippen LogP contribution in [-0.4, -0.2) is 54.7 Å². The Balaban J connectivity index is 0.00000338. The smallest absolute Gasteiger partial charge is 0.498 e. The van der Waals surface area contributed by atoms with Gasteiger partial charge in [-0.25, -0.2) is 4.79 Å². The van der Waals surface area contributed by atoms with Crippen LogP contribution in [0.15, 0.2) is 17.4 Å². The fourth-order valence-electron chi connectivity index (χ4n) is 2.85. The molecule has 0 aliphatic carbocycles. The van der Waals surface area contributed by atoms with Crippen LogP contribution in [-0.2, 0) is 50.9 Å². The van der Waals surface area contributed by atoms with Crippen LogP contribution in [0.3, 0.4) is 0 Å². The molecule has 2 aliphatic heterocycles. The Labute approximate surface area is 170 Å². The Hall–Kier alpha value is -0.670. The number of methoxy groups -OCH3 is 1. The van der Waals surface area contributed by atoms with Gasteiger partial charge in [-0.05, 0) is 39.9 Å². The fraction of sp³-hybridized carbons (Fsp3) is 0.722. The number of hydrogen-bond donors (Lipinski definition) is 1. The quantitative estimate of drug-likeness (QED) is 0.366. The zero-order valence-corrected chi connectivity index (χ0v) is 17.5. The van der Waals surface area contributed by atoms with Crippen molar-refractivity contribution in [3.05, 3.63) is 23.5 Å². The van der Waals surface area contributed by atoms with Gasteiger partial charge >= 0.3 is 28.3 Å². The monoisotopic (exact) mass is 462 g/mol. The first-order valence-electron chi connectivity index (χ1n) is 8.33. The van der Waals surface area contributed by atoms with Gasteiger partial charge < -0.3 is 28.8 Å². The van der Waals surface area contributed by atoms with E-state index in [9.17, 15) is 9.90 Å². The van der Waals surface area contributed by atoms with Gasteiger partial charge in [0.2, 0.25) is 5.79 Å². The van der Waals surface area contributed by atoms with E-state index in [2.05, 4.69) is 6.08 Å². The third kappa shape index (κ3) is 5.66. The van der Waals surface area contributed by atoms with Gasteiger partial charge in [-0.2, -0.15) is 12.2 Å². The molecule has 1 unspecified atom stereocenters. The van der Waals surface area contributed by atoms with Crippen LogP contribution in [0.4, 0.5) is 0 Å². The number of allylic oxidation sites excluding steroid dienone is 1. The molecule has 0 bridgehead atoms. The molecule has 1 N–H and O–H groups in total. The van der Waals surface area contributed by atoms with E-state index in [0.29, 0.717) is 6.61 Å². The molecule has 2 heterocycles. The van der Waals surface area contributed by atoms with Gasteiger partial charge in [-0.3, -0.25) is 0 Å². The van der Waals surface area contributed by atoms with Crippen LogP contribution in [0.5, 0.6) is 0 Å². The summed E-state index contributed by atoms with van der Waals surface area (Å²) in [4.78, 5) is 12.1. The molecule has 2 rings (SSSR count). The van der Waals surface area contributed by atoms with Crippen molar-refractivity contribution in [2.45, 2.75) is 64.3 Å². The van der Waals surface area contributed by atoms with Crippen molar-refractivity contribution in [3.8, 4) is 0 Å². The molecule has 2 aliphatic rings. The van der Waals surface area contributed by atoms with E-state index in [0.717, 1.165) is 0 Å². The second-order valence-electron chi connectivity index (χ2n) is 6.95. The number of carbonyl (C=O) groups excluding carboxylic acids is 1.